The molecule has 8 heteroatoms. The lowest BCUT2D eigenvalue weighted by molar-refractivity contribution is -0.388. The Bertz CT molecular complexity index is 491. The molecule has 0 bridgehead atoms. The average molecular weight is 267 g/mol. The Kier molecular flexibility index (Phi) is 5.26. The number of aromatic nitrogens is 2. The molecule has 0 aliphatic heterocycles. The molecule has 0 aliphatic carbocycles. The van der Waals surface area contributed by atoms with Gasteiger partial charge < -0.3 is 19.8 Å². The quantitative estimate of drug-likeness (QED) is 0.540. The van der Waals surface area contributed by atoms with Crippen LogP contribution in [0.2, 0.25) is 0 Å². The van der Waals surface area contributed by atoms with E-state index >= 15 is 0 Å². The molecule has 0 aliphatic rings. The van der Waals surface area contributed by atoms with Crippen molar-refractivity contribution in [2.24, 2.45) is 7.05 Å². The molecule has 0 N–H and O–H groups in total. The molecule has 0 saturated carbocycles. The summed E-state index contributed by atoms with van der Waals surface area (Å²) in [7, 11) is 3.28. The van der Waals surface area contributed by atoms with Gasteiger partial charge in [-0.05, 0) is 9.91 Å². The van der Waals surface area contributed by atoms with Crippen molar-refractivity contribution < 1.29 is 9.66 Å². The Hall–Kier alpha value is -2.14. The largest absolute Gasteiger partial charge is 0.406 e. The lowest BCUT2D eigenvalue weighted by Gasteiger charge is -2.22. The number of nitro groups is 1. The minimum atomic E-state index is -0.505. The van der Waals surface area contributed by atoms with Crippen LogP contribution in [0.5, 0.6) is 0 Å². The Balaban J connectivity index is 3.12. The van der Waals surface area contributed by atoms with E-state index in [9.17, 15) is 10.1 Å². The zero-order valence-electron chi connectivity index (χ0n) is 11.3. The van der Waals surface area contributed by atoms with Crippen LogP contribution in [0.3, 0.4) is 0 Å². The predicted octanol–water partition coefficient (Wildman–Crippen LogP) is 1.00. The van der Waals surface area contributed by atoms with Crippen LogP contribution in [-0.2, 0) is 11.8 Å². The summed E-state index contributed by atoms with van der Waals surface area (Å²) in [6.07, 6.45) is 0.283. The second-order valence-corrected chi connectivity index (χ2v) is 4.01. The summed E-state index contributed by atoms with van der Waals surface area (Å²) < 4.78 is 6.65. The van der Waals surface area contributed by atoms with Crippen molar-refractivity contribution in [3.8, 4) is 6.07 Å². The van der Waals surface area contributed by atoms with E-state index in [1.165, 1.54) is 0 Å². The number of ether oxygens (including phenoxy) is 1. The monoisotopic (exact) mass is 267 g/mol. The fourth-order valence-electron chi connectivity index (χ4n) is 1.77. The first-order valence-electron chi connectivity index (χ1n) is 5.81. The molecule has 0 radical (unpaired) electrons. The summed E-state index contributed by atoms with van der Waals surface area (Å²) in [6.45, 7) is 3.00. The molecule has 0 atom stereocenters. The summed E-state index contributed by atoms with van der Waals surface area (Å²) in [6, 6.07) is 2.04. The maximum Gasteiger partial charge on any atom is 0.406 e. The van der Waals surface area contributed by atoms with Crippen molar-refractivity contribution in [3.05, 3.63) is 15.9 Å². The van der Waals surface area contributed by atoms with Gasteiger partial charge in [0.2, 0.25) is 11.6 Å². The molecule has 0 aromatic carbocycles. The van der Waals surface area contributed by atoms with Crippen LogP contribution in [-0.4, -0.2) is 41.3 Å². The van der Waals surface area contributed by atoms with Gasteiger partial charge in [-0.1, -0.05) is 0 Å². The minimum absolute atomic E-state index is 0.186. The maximum atomic E-state index is 11.0. The summed E-state index contributed by atoms with van der Waals surface area (Å²) in [4.78, 5) is 16.2. The fraction of sp³-hybridized carbons (Fsp3) is 0.636. The smallest absolute Gasteiger partial charge is 0.383 e. The lowest BCUT2D eigenvalue weighted by atomic mass is 10.4. The van der Waals surface area contributed by atoms with Gasteiger partial charge in [-0.3, -0.25) is 4.57 Å². The van der Waals surface area contributed by atoms with Crippen LogP contribution < -0.4 is 4.90 Å². The third kappa shape index (κ3) is 3.42. The van der Waals surface area contributed by atoms with Crippen molar-refractivity contribution >= 4 is 11.6 Å². The summed E-state index contributed by atoms with van der Waals surface area (Å²) in [5, 5.41) is 19.7. The van der Waals surface area contributed by atoms with Crippen molar-refractivity contribution in [2.45, 2.75) is 13.3 Å². The van der Waals surface area contributed by atoms with E-state index in [-0.39, 0.29) is 12.2 Å². The number of methoxy groups -OCH3 is 1. The number of nitriles is 1. The van der Waals surface area contributed by atoms with E-state index in [2.05, 4.69) is 4.98 Å². The van der Waals surface area contributed by atoms with Crippen molar-refractivity contribution in [1.29, 1.82) is 5.26 Å². The number of nitrogens with zero attached hydrogens (tertiary/aromatic N) is 5. The van der Waals surface area contributed by atoms with Gasteiger partial charge in [-0.2, -0.15) is 5.26 Å². The highest BCUT2D eigenvalue weighted by Crippen LogP contribution is 2.27. The average Bonchev–Trinajstić information content (AvgIpc) is 2.67. The van der Waals surface area contributed by atoms with Crippen LogP contribution in [0.4, 0.5) is 11.6 Å². The van der Waals surface area contributed by atoms with Gasteiger partial charge in [-0.25, -0.2) is 0 Å². The van der Waals surface area contributed by atoms with E-state index in [0.717, 1.165) is 0 Å². The van der Waals surface area contributed by atoms with Gasteiger partial charge in [0, 0.05) is 34.2 Å². The standard InChI is InChI=1S/C11H17N5O3/c1-9-13-10(16(17)18)11(14(9)2)15(6-4-5-12)7-8-19-3/h4,6-8H2,1-3H3. The molecular weight excluding hydrogens is 250 g/mol. The Labute approximate surface area is 111 Å². The molecule has 1 aromatic rings. The highest BCUT2D eigenvalue weighted by atomic mass is 16.6. The zero-order chi connectivity index (χ0) is 14.4. The topological polar surface area (TPSA) is 97.2 Å². The van der Waals surface area contributed by atoms with E-state index in [1.807, 2.05) is 6.07 Å². The van der Waals surface area contributed by atoms with Crippen LogP contribution >= 0.6 is 0 Å². The van der Waals surface area contributed by atoms with Crippen LogP contribution in [0.1, 0.15) is 12.2 Å². The van der Waals surface area contributed by atoms with Crippen LogP contribution in [0.15, 0.2) is 0 Å². The molecule has 8 nitrogen and oxygen atoms in total. The highest BCUT2D eigenvalue weighted by Gasteiger charge is 2.27. The maximum absolute atomic E-state index is 11.0. The zero-order valence-corrected chi connectivity index (χ0v) is 11.3. The molecule has 104 valence electrons. The van der Waals surface area contributed by atoms with Gasteiger partial charge in [0.1, 0.15) is 0 Å². The van der Waals surface area contributed by atoms with E-state index in [1.54, 1.807) is 30.5 Å². The first-order valence-corrected chi connectivity index (χ1v) is 5.81. The number of hydrogen-bond donors (Lipinski definition) is 0. The Morgan fingerprint density at radius 2 is 2.26 bits per heavy atom. The lowest BCUT2D eigenvalue weighted by Crippen LogP contribution is -2.30. The molecule has 1 aromatic heterocycles. The summed E-state index contributed by atoms with van der Waals surface area (Å²) in [5.41, 5.74) is 0. The van der Waals surface area contributed by atoms with E-state index in [4.69, 9.17) is 10.00 Å². The molecule has 0 fully saturated rings. The van der Waals surface area contributed by atoms with Crippen LogP contribution in [0.25, 0.3) is 0 Å². The molecule has 19 heavy (non-hydrogen) atoms. The summed E-state index contributed by atoms with van der Waals surface area (Å²) in [5.74, 6) is 0.782. The third-order valence-electron chi connectivity index (χ3n) is 2.80. The first-order chi connectivity index (χ1) is 9.02. The Morgan fingerprint density at radius 3 is 2.79 bits per heavy atom. The second-order valence-electron chi connectivity index (χ2n) is 4.01. The first kappa shape index (κ1) is 14.9. The minimum Gasteiger partial charge on any atom is -0.383 e. The van der Waals surface area contributed by atoms with Crippen molar-refractivity contribution in [1.82, 2.24) is 9.55 Å². The second kappa shape index (κ2) is 6.70. The van der Waals surface area contributed by atoms with Gasteiger partial charge >= 0.3 is 5.82 Å². The van der Waals surface area contributed by atoms with Gasteiger partial charge in [0.05, 0.1) is 19.1 Å². The van der Waals surface area contributed by atoms with Gasteiger partial charge in [0.15, 0.2) is 0 Å². The SMILES string of the molecule is COCCN(CCC#N)c1c([N+](=O)[O-])nc(C)n1C. The molecule has 0 saturated heterocycles. The number of aryl methyl sites for hydroxylation is 1. The van der Waals surface area contributed by atoms with E-state index in [0.29, 0.717) is 31.3 Å². The van der Waals surface area contributed by atoms with E-state index < -0.39 is 4.92 Å². The number of rotatable bonds is 7. The number of anilines is 1. The molecular formula is C11H17N5O3. The number of imidazole rings is 1. The highest BCUT2D eigenvalue weighted by molar-refractivity contribution is 5.56. The molecule has 1 heterocycles. The van der Waals surface area contributed by atoms with Crippen molar-refractivity contribution in [3.63, 3.8) is 0 Å². The van der Waals surface area contributed by atoms with Gasteiger partial charge in [0.25, 0.3) is 0 Å². The molecule has 0 unspecified atom stereocenters. The third-order valence-corrected chi connectivity index (χ3v) is 2.80. The Morgan fingerprint density at radius 1 is 1.58 bits per heavy atom. The molecule has 0 spiro atoms. The van der Waals surface area contributed by atoms with Gasteiger partial charge in [-0.15, -0.1) is 0 Å². The van der Waals surface area contributed by atoms with Crippen LogP contribution in [0, 0.1) is 28.4 Å². The normalized spacial score (nSPS) is 10.2. The fourth-order valence-corrected chi connectivity index (χ4v) is 1.77. The number of hydrogen-bond acceptors (Lipinski definition) is 6. The summed E-state index contributed by atoms with van der Waals surface area (Å²) >= 11 is 0. The molecule has 0 amide bonds. The predicted molar refractivity (Wildman–Crippen MR) is 68.9 cm³/mol. The van der Waals surface area contributed by atoms with Crippen molar-refractivity contribution in [2.75, 3.05) is 31.7 Å². The molecule has 1 rings (SSSR count).